The molecule has 0 saturated carbocycles. The summed E-state index contributed by atoms with van der Waals surface area (Å²) in [5, 5.41) is 3.58. The highest BCUT2D eigenvalue weighted by Crippen LogP contribution is 2.40. The van der Waals surface area contributed by atoms with Crippen LogP contribution in [0.5, 0.6) is 0 Å². The lowest BCUT2D eigenvalue weighted by Gasteiger charge is -1.96. The van der Waals surface area contributed by atoms with Gasteiger partial charge in [-0.05, 0) is 95.7 Å². The van der Waals surface area contributed by atoms with E-state index in [1.54, 1.807) is 12.1 Å². The summed E-state index contributed by atoms with van der Waals surface area (Å²) < 4.78 is 51.4. The van der Waals surface area contributed by atoms with Crippen LogP contribution in [-0.2, 0) is 0 Å². The maximum atomic E-state index is 13.6. The van der Waals surface area contributed by atoms with Crippen LogP contribution in [0.1, 0.15) is 0 Å². The minimum atomic E-state index is -0.334. The zero-order chi connectivity index (χ0) is 30.5. The van der Waals surface area contributed by atoms with Crippen molar-refractivity contribution in [3.05, 3.63) is 109 Å². The maximum absolute atomic E-state index is 13.6. The van der Waals surface area contributed by atoms with Gasteiger partial charge in [-0.2, -0.15) is 0 Å². The summed E-state index contributed by atoms with van der Waals surface area (Å²) in [5.41, 5.74) is 3.79. The van der Waals surface area contributed by atoms with Crippen LogP contribution < -0.4 is 0 Å². The molecule has 0 aliphatic heterocycles. The number of benzene rings is 4. The highest BCUT2D eigenvalue weighted by molar-refractivity contribution is 7.19. The third kappa shape index (κ3) is 4.11. The lowest BCUT2D eigenvalue weighted by Crippen LogP contribution is -1.76. The molecule has 0 aliphatic rings. The van der Waals surface area contributed by atoms with Crippen molar-refractivity contribution < 1.29 is 26.4 Å². The Morgan fingerprint density at radius 2 is 0.870 bits per heavy atom. The summed E-state index contributed by atoms with van der Waals surface area (Å²) in [6.07, 6.45) is 0. The monoisotopic (exact) mass is 642 g/mol. The van der Waals surface area contributed by atoms with Crippen LogP contribution in [0, 0.1) is 11.6 Å². The molecule has 6 nitrogen and oxygen atoms in total. The Morgan fingerprint density at radius 3 is 1.35 bits per heavy atom. The van der Waals surface area contributed by atoms with Gasteiger partial charge in [0, 0.05) is 22.9 Å². The molecule has 46 heavy (non-hydrogen) atoms. The van der Waals surface area contributed by atoms with Gasteiger partial charge < -0.3 is 17.7 Å². The van der Waals surface area contributed by atoms with Crippen molar-refractivity contribution >= 4 is 77.6 Å². The van der Waals surface area contributed by atoms with Gasteiger partial charge in [-0.1, -0.05) is 0 Å². The van der Waals surface area contributed by atoms with E-state index in [0.29, 0.717) is 45.6 Å². The van der Waals surface area contributed by atoms with Crippen molar-refractivity contribution in [2.24, 2.45) is 0 Å². The number of aromatic nitrogens is 2. The van der Waals surface area contributed by atoms with Crippen LogP contribution in [0.15, 0.2) is 115 Å². The highest BCUT2D eigenvalue weighted by Gasteiger charge is 2.18. The predicted molar refractivity (Wildman–Crippen MR) is 176 cm³/mol. The largest absolute Gasteiger partial charge is 0.455 e. The molecular weight excluding hydrogens is 627 g/mol. The molecule has 10 aromatic rings. The fourth-order valence-electron chi connectivity index (χ4n) is 5.73. The molecule has 0 N–H and O–H groups in total. The van der Waals surface area contributed by atoms with Crippen LogP contribution >= 0.6 is 22.7 Å². The summed E-state index contributed by atoms with van der Waals surface area (Å²) in [7, 11) is 0. The van der Waals surface area contributed by atoms with Gasteiger partial charge in [-0.3, -0.25) is 0 Å². The number of thiophene rings is 2. The second-order valence-corrected chi connectivity index (χ2v) is 13.1. The van der Waals surface area contributed by atoms with Crippen molar-refractivity contribution in [1.29, 1.82) is 0 Å². The number of oxazole rings is 2. The topological polar surface area (TPSA) is 78.3 Å². The van der Waals surface area contributed by atoms with E-state index in [-0.39, 0.29) is 11.6 Å². The molecule has 6 heterocycles. The number of fused-ring (bicyclic) bond motifs is 5. The molecule has 0 spiro atoms. The maximum Gasteiger partial charge on any atom is 0.237 e. The van der Waals surface area contributed by atoms with Gasteiger partial charge in [0.15, 0.2) is 11.2 Å². The molecule has 0 fully saturated rings. The molecule has 0 saturated heterocycles. The van der Waals surface area contributed by atoms with Gasteiger partial charge in [0.2, 0.25) is 11.8 Å². The van der Waals surface area contributed by atoms with Gasteiger partial charge in [-0.25, -0.2) is 18.7 Å². The Kier molecular flexibility index (Phi) is 5.29. The SMILES string of the molecule is Fc1ccc2cc(-c3ccc(-c4nc5cc6cc7oc(-c8ccc(-c9cc%10ccc(F)cc%10o9)s8)nc7cc6cc5o4)s3)oc2c1. The van der Waals surface area contributed by atoms with Gasteiger partial charge in [-0.15, -0.1) is 22.7 Å². The van der Waals surface area contributed by atoms with Crippen molar-refractivity contribution in [2.75, 3.05) is 0 Å². The lowest BCUT2D eigenvalue weighted by molar-refractivity contribution is 0.607. The minimum absolute atomic E-state index is 0.334. The molecule has 10 rings (SSSR count). The molecule has 0 atom stereocenters. The van der Waals surface area contributed by atoms with Crippen LogP contribution in [0.4, 0.5) is 8.78 Å². The fourth-order valence-corrected chi connectivity index (χ4v) is 7.50. The van der Waals surface area contributed by atoms with Crippen molar-refractivity contribution in [2.45, 2.75) is 0 Å². The second-order valence-electron chi connectivity index (χ2n) is 10.9. The first-order valence-corrected chi connectivity index (χ1v) is 15.9. The fraction of sp³-hybridized carbons (Fsp3) is 0. The molecule has 220 valence electrons. The van der Waals surface area contributed by atoms with Crippen molar-refractivity contribution in [1.82, 2.24) is 9.97 Å². The Labute approximate surface area is 264 Å². The Hall–Kier alpha value is -5.58. The minimum Gasteiger partial charge on any atom is -0.455 e. The summed E-state index contributed by atoms with van der Waals surface area (Å²) in [4.78, 5) is 13.0. The first kappa shape index (κ1) is 25.7. The van der Waals surface area contributed by atoms with Crippen LogP contribution in [0.3, 0.4) is 0 Å². The molecule has 0 radical (unpaired) electrons. The first-order chi connectivity index (χ1) is 22.5. The molecule has 0 bridgehead atoms. The number of halogens is 2. The highest BCUT2D eigenvalue weighted by atomic mass is 32.1. The zero-order valence-electron chi connectivity index (χ0n) is 23.3. The molecule has 0 unspecified atom stereocenters. The Morgan fingerprint density at radius 1 is 0.413 bits per heavy atom. The van der Waals surface area contributed by atoms with Crippen molar-refractivity contribution in [3.63, 3.8) is 0 Å². The van der Waals surface area contributed by atoms with Gasteiger partial charge in [0.25, 0.3) is 0 Å². The molecule has 4 aromatic carbocycles. The van der Waals surface area contributed by atoms with Gasteiger partial charge in [0.1, 0.15) is 45.4 Å². The zero-order valence-corrected chi connectivity index (χ0v) is 25.0. The third-order valence-corrected chi connectivity index (χ3v) is 10.1. The van der Waals surface area contributed by atoms with Gasteiger partial charge in [0.05, 0.1) is 19.5 Å². The van der Waals surface area contributed by atoms with Crippen LogP contribution in [0.25, 0.3) is 97.7 Å². The van der Waals surface area contributed by atoms with E-state index in [4.69, 9.17) is 27.6 Å². The Bertz CT molecular complexity index is 2560. The second kappa shape index (κ2) is 9.46. The van der Waals surface area contributed by atoms with E-state index < -0.39 is 0 Å². The standard InChI is InChI=1S/C36H16F2N2O4S2/c37-21-3-1-17-11-29(41-25(17)15-21)31-5-7-33(45-31)35-39-23-9-19-14-28-24(10-20(19)13-27(23)43-35)40-36(44-28)34-8-6-32(46-34)30-12-18-2-4-22(38)16-26(18)42-30/h1-16H. The summed E-state index contributed by atoms with van der Waals surface area (Å²) in [6.45, 7) is 0. The van der Waals surface area contributed by atoms with E-state index in [2.05, 4.69) is 0 Å². The quantitative estimate of drug-likeness (QED) is 0.190. The van der Waals surface area contributed by atoms with E-state index in [0.717, 1.165) is 52.1 Å². The van der Waals surface area contributed by atoms with Crippen LogP contribution in [0.2, 0.25) is 0 Å². The lowest BCUT2D eigenvalue weighted by atomic mass is 10.1. The average molecular weight is 643 g/mol. The number of rotatable bonds is 4. The van der Waals surface area contributed by atoms with Crippen molar-refractivity contribution in [3.8, 4) is 42.8 Å². The summed E-state index contributed by atoms with van der Waals surface area (Å²) >= 11 is 2.99. The first-order valence-electron chi connectivity index (χ1n) is 14.2. The average Bonchev–Trinajstić information content (AvgIpc) is 3.87. The molecule has 0 amide bonds. The molecule has 10 heteroatoms. The van der Waals surface area contributed by atoms with Crippen LogP contribution in [-0.4, -0.2) is 9.97 Å². The normalized spacial score (nSPS) is 12.1. The Balaban J connectivity index is 0.968. The van der Waals surface area contributed by atoms with E-state index >= 15 is 0 Å². The summed E-state index contributed by atoms with van der Waals surface area (Å²) in [6, 6.07) is 28.5. The van der Waals surface area contributed by atoms with E-state index in [1.165, 1.54) is 46.9 Å². The molecular formula is C36H16F2N2O4S2. The van der Waals surface area contributed by atoms with Gasteiger partial charge >= 0.3 is 0 Å². The number of furan rings is 2. The van der Waals surface area contributed by atoms with E-state index in [9.17, 15) is 8.78 Å². The third-order valence-electron chi connectivity index (χ3n) is 7.94. The number of nitrogens with zero attached hydrogens (tertiary/aromatic N) is 2. The molecule has 6 aromatic heterocycles. The number of hydrogen-bond donors (Lipinski definition) is 0. The predicted octanol–water partition coefficient (Wildman–Crippen LogP) is 11.7. The number of hydrogen-bond acceptors (Lipinski definition) is 8. The molecule has 0 aliphatic carbocycles. The smallest absolute Gasteiger partial charge is 0.237 e. The van der Waals surface area contributed by atoms with E-state index in [1.807, 2.05) is 60.7 Å². The summed E-state index contributed by atoms with van der Waals surface area (Å²) in [5.74, 6) is 1.68.